The second-order valence-corrected chi connectivity index (χ2v) is 3.38. The summed E-state index contributed by atoms with van der Waals surface area (Å²) in [5.41, 5.74) is 6.77. The number of nitrogens with two attached hydrogens (primary N) is 1. The third-order valence-corrected chi connectivity index (χ3v) is 2.07. The number of rotatable bonds is 2. The number of imidazole rings is 1. The van der Waals surface area contributed by atoms with Crippen LogP contribution in [-0.4, -0.2) is 25.7 Å². The molecule has 15 heavy (non-hydrogen) atoms. The molecule has 0 radical (unpaired) electrons. The Labute approximate surface area is 93.9 Å². The largest absolute Gasteiger partial charge is 0.382 e. The van der Waals surface area contributed by atoms with Crippen LogP contribution in [0.15, 0.2) is 12.7 Å². The van der Waals surface area contributed by atoms with Crippen LogP contribution in [-0.2, 0) is 0 Å². The highest BCUT2D eigenvalue weighted by atomic mass is 32.1. The summed E-state index contributed by atoms with van der Waals surface area (Å²) in [6, 6.07) is 0. The minimum absolute atomic E-state index is 0.409. The first-order valence-electron chi connectivity index (χ1n) is 4.80. The summed E-state index contributed by atoms with van der Waals surface area (Å²) in [5, 5.41) is 0. The van der Waals surface area contributed by atoms with Crippen molar-refractivity contribution in [3.05, 3.63) is 12.7 Å². The monoisotopic (exact) mass is 225 g/mol. The maximum Gasteiger partial charge on any atom is 0.162 e. The predicted molar refractivity (Wildman–Crippen MR) is 64.9 cm³/mol. The SMILES string of the molecule is CCCCS.Nc1ncnc2[nH]cnc12. The van der Waals surface area contributed by atoms with Gasteiger partial charge in [-0.1, -0.05) is 13.3 Å². The molecule has 2 heterocycles. The number of aromatic nitrogens is 4. The van der Waals surface area contributed by atoms with Gasteiger partial charge in [0, 0.05) is 0 Å². The van der Waals surface area contributed by atoms with Gasteiger partial charge in [-0.2, -0.15) is 12.6 Å². The lowest BCUT2D eigenvalue weighted by molar-refractivity contribution is 0.899. The van der Waals surface area contributed by atoms with E-state index in [1.807, 2.05) is 0 Å². The zero-order chi connectivity index (χ0) is 11.1. The zero-order valence-corrected chi connectivity index (χ0v) is 9.54. The summed E-state index contributed by atoms with van der Waals surface area (Å²) in [4.78, 5) is 14.4. The van der Waals surface area contributed by atoms with Crippen LogP contribution in [0.1, 0.15) is 19.8 Å². The van der Waals surface area contributed by atoms with Crippen molar-refractivity contribution in [3.8, 4) is 0 Å². The molecule has 0 aliphatic carbocycles. The Hall–Kier alpha value is -1.30. The molecule has 2 aromatic rings. The minimum Gasteiger partial charge on any atom is -0.382 e. The highest BCUT2D eigenvalue weighted by Crippen LogP contribution is 2.09. The third kappa shape index (κ3) is 3.39. The van der Waals surface area contributed by atoms with Gasteiger partial charge in [-0.15, -0.1) is 0 Å². The molecular formula is C9H15N5S. The van der Waals surface area contributed by atoms with E-state index in [0.717, 1.165) is 5.75 Å². The molecule has 0 unspecified atom stereocenters. The van der Waals surface area contributed by atoms with E-state index < -0.39 is 0 Å². The molecule has 0 aromatic carbocycles. The molecule has 82 valence electrons. The number of nitrogens with zero attached hydrogens (tertiary/aromatic N) is 3. The number of hydrogen-bond acceptors (Lipinski definition) is 5. The quantitative estimate of drug-likeness (QED) is 0.679. The number of nitrogen functional groups attached to an aromatic ring is 1. The zero-order valence-electron chi connectivity index (χ0n) is 8.64. The van der Waals surface area contributed by atoms with E-state index in [1.54, 1.807) is 0 Å². The molecule has 0 aliphatic rings. The molecular weight excluding hydrogens is 210 g/mol. The van der Waals surface area contributed by atoms with Crippen molar-refractivity contribution in [2.45, 2.75) is 19.8 Å². The predicted octanol–water partition coefficient (Wildman–Crippen LogP) is 1.65. The smallest absolute Gasteiger partial charge is 0.162 e. The second-order valence-electron chi connectivity index (χ2n) is 2.94. The van der Waals surface area contributed by atoms with Crippen molar-refractivity contribution >= 4 is 29.6 Å². The summed E-state index contributed by atoms with van der Waals surface area (Å²) in [5.74, 6) is 1.45. The molecule has 0 saturated carbocycles. The maximum absolute atomic E-state index is 5.47. The van der Waals surface area contributed by atoms with Gasteiger partial charge in [0.05, 0.1) is 6.33 Å². The maximum atomic E-state index is 5.47. The lowest BCUT2D eigenvalue weighted by Gasteiger charge is -1.88. The van der Waals surface area contributed by atoms with Crippen molar-refractivity contribution in [3.63, 3.8) is 0 Å². The number of nitrogens with one attached hydrogen (secondary N) is 1. The molecule has 0 aliphatic heterocycles. The van der Waals surface area contributed by atoms with Gasteiger partial charge in [0.2, 0.25) is 0 Å². The molecule has 0 spiro atoms. The van der Waals surface area contributed by atoms with Gasteiger partial charge in [0.25, 0.3) is 0 Å². The van der Waals surface area contributed by atoms with Gasteiger partial charge in [-0.25, -0.2) is 15.0 Å². The Morgan fingerprint density at radius 3 is 2.73 bits per heavy atom. The Bertz CT molecular complexity index is 398. The van der Waals surface area contributed by atoms with E-state index in [2.05, 4.69) is 39.5 Å². The van der Waals surface area contributed by atoms with E-state index in [0.29, 0.717) is 17.0 Å². The van der Waals surface area contributed by atoms with Crippen LogP contribution in [0, 0.1) is 0 Å². The molecule has 6 heteroatoms. The number of anilines is 1. The normalized spacial score (nSPS) is 9.73. The van der Waals surface area contributed by atoms with E-state index in [-0.39, 0.29) is 0 Å². The average molecular weight is 225 g/mol. The molecule has 3 N–H and O–H groups in total. The van der Waals surface area contributed by atoms with Crippen LogP contribution in [0.25, 0.3) is 11.2 Å². The van der Waals surface area contributed by atoms with Crippen LogP contribution in [0.5, 0.6) is 0 Å². The first-order chi connectivity index (χ1) is 7.29. The summed E-state index contributed by atoms with van der Waals surface area (Å²) in [6.45, 7) is 2.16. The average Bonchev–Trinajstić information content (AvgIpc) is 2.69. The molecule has 5 nitrogen and oxygen atoms in total. The fraction of sp³-hybridized carbons (Fsp3) is 0.444. The fourth-order valence-electron chi connectivity index (χ4n) is 0.941. The Balaban J connectivity index is 0.000000195. The van der Waals surface area contributed by atoms with Crippen LogP contribution in [0.4, 0.5) is 5.82 Å². The first-order valence-corrected chi connectivity index (χ1v) is 5.43. The Kier molecular flexibility index (Phi) is 4.89. The molecule has 0 saturated heterocycles. The second kappa shape index (κ2) is 6.23. The van der Waals surface area contributed by atoms with Crippen molar-refractivity contribution in [2.24, 2.45) is 0 Å². The minimum atomic E-state index is 0.409. The fourth-order valence-corrected chi connectivity index (χ4v) is 1.26. The van der Waals surface area contributed by atoms with Gasteiger partial charge in [-0.05, 0) is 12.2 Å². The number of aromatic amines is 1. The number of fused-ring (bicyclic) bond motifs is 1. The number of hydrogen-bond donors (Lipinski definition) is 3. The summed E-state index contributed by atoms with van der Waals surface area (Å²) < 4.78 is 0. The molecule has 0 atom stereocenters. The van der Waals surface area contributed by atoms with Crippen LogP contribution >= 0.6 is 12.6 Å². The summed E-state index contributed by atoms with van der Waals surface area (Å²) >= 11 is 4.00. The van der Waals surface area contributed by atoms with Crippen molar-refractivity contribution < 1.29 is 0 Å². The van der Waals surface area contributed by atoms with Gasteiger partial charge >= 0.3 is 0 Å². The van der Waals surface area contributed by atoms with Crippen LogP contribution < -0.4 is 5.73 Å². The molecule has 2 aromatic heterocycles. The molecule has 0 bridgehead atoms. The van der Waals surface area contributed by atoms with E-state index in [1.165, 1.54) is 25.5 Å². The van der Waals surface area contributed by atoms with Gasteiger partial charge in [-0.3, -0.25) is 0 Å². The summed E-state index contributed by atoms with van der Waals surface area (Å²) in [7, 11) is 0. The molecule has 0 fully saturated rings. The van der Waals surface area contributed by atoms with E-state index >= 15 is 0 Å². The standard InChI is InChI=1S/C5H5N5.C4H10S/c6-4-3-5(9-1-7-3)10-2-8-4;1-2-3-4-5/h1-2H,(H3,6,7,8,9,10);5H,2-4H2,1H3. The van der Waals surface area contributed by atoms with Crippen molar-refractivity contribution in [1.82, 2.24) is 19.9 Å². The third-order valence-electron chi connectivity index (χ3n) is 1.76. The van der Waals surface area contributed by atoms with Gasteiger partial charge in [0.1, 0.15) is 11.8 Å². The number of unbranched alkanes of at least 4 members (excludes halogenated alkanes) is 1. The first kappa shape index (κ1) is 11.8. The van der Waals surface area contributed by atoms with Crippen LogP contribution in [0.2, 0.25) is 0 Å². The van der Waals surface area contributed by atoms with E-state index in [4.69, 9.17) is 5.73 Å². The lowest BCUT2D eigenvalue weighted by Crippen LogP contribution is -1.91. The topological polar surface area (TPSA) is 80.5 Å². The molecule has 2 rings (SSSR count). The Morgan fingerprint density at radius 1 is 1.40 bits per heavy atom. The van der Waals surface area contributed by atoms with Crippen molar-refractivity contribution in [2.75, 3.05) is 11.5 Å². The van der Waals surface area contributed by atoms with Crippen LogP contribution in [0.3, 0.4) is 0 Å². The van der Waals surface area contributed by atoms with Crippen molar-refractivity contribution in [1.29, 1.82) is 0 Å². The molecule has 0 amide bonds. The number of H-pyrrole nitrogens is 1. The summed E-state index contributed by atoms with van der Waals surface area (Å²) in [6.07, 6.45) is 5.46. The van der Waals surface area contributed by atoms with Gasteiger partial charge in [0.15, 0.2) is 11.5 Å². The lowest BCUT2D eigenvalue weighted by atomic mass is 10.4. The highest BCUT2D eigenvalue weighted by Gasteiger charge is 1.99. The van der Waals surface area contributed by atoms with E-state index in [9.17, 15) is 0 Å². The number of thiol groups is 1. The van der Waals surface area contributed by atoms with Gasteiger partial charge < -0.3 is 10.7 Å². The Morgan fingerprint density at radius 2 is 2.20 bits per heavy atom. The highest BCUT2D eigenvalue weighted by molar-refractivity contribution is 7.80.